The van der Waals surface area contributed by atoms with Crippen LogP contribution in [-0.2, 0) is 4.79 Å². The Morgan fingerprint density at radius 1 is 1.44 bits per heavy atom. The van der Waals surface area contributed by atoms with Gasteiger partial charge in [0, 0.05) is 18.6 Å². The molecule has 2 saturated heterocycles. The summed E-state index contributed by atoms with van der Waals surface area (Å²) in [6.45, 7) is 6.28. The monoisotopic (exact) mass is 253 g/mol. The second-order valence-corrected chi connectivity index (χ2v) is 6.19. The predicted octanol–water partition coefficient (Wildman–Crippen LogP) is 1.25. The number of nitrogens with one attached hydrogen (secondary N) is 1. The van der Waals surface area contributed by atoms with E-state index >= 15 is 0 Å². The zero-order valence-electron chi connectivity index (χ0n) is 11.7. The highest BCUT2D eigenvalue weighted by Gasteiger charge is 2.34. The lowest BCUT2D eigenvalue weighted by Crippen LogP contribution is -2.56. The van der Waals surface area contributed by atoms with Crippen molar-refractivity contribution in [2.24, 2.45) is 5.73 Å². The summed E-state index contributed by atoms with van der Waals surface area (Å²) in [6, 6.07) is 1.02. The summed E-state index contributed by atoms with van der Waals surface area (Å²) in [5.41, 5.74) is 5.37. The minimum Gasteiger partial charge on any atom is -0.352 e. The van der Waals surface area contributed by atoms with Crippen molar-refractivity contribution < 1.29 is 4.79 Å². The summed E-state index contributed by atoms with van der Waals surface area (Å²) in [5, 5.41) is 3.17. The molecule has 18 heavy (non-hydrogen) atoms. The molecule has 2 aliphatic rings. The van der Waals surface area contributed by atoms with Crippen LogP contribution in [0.2, 0.25) is 0 Å². The lowest BCUT2D eigenvalue weighted by atomic mass is 9.93. The number of carbonyl (C=O) groups is 1. The molecule has 2 aliphatic heterocycles. The molecular weight excluding hydrogens is 226 g/mol. The van der Waals surface area contributed by atoms with E-state index in [2.05, 4.69) is 17.1 Å². The Labute approximate surface area is 110 Å². The Bertz CT molecular complexity index is 303. The van der Waals surface area contributed by atoms with Crippen molar-refractivity contribution in [2.45, 2.75) is 70.0 Å². The van der Waals surface area contributed by atoms with E-state index in [1.165, 1.54) is 19.4 Å². The van der Waals surface area contributed by atoms with Crippen molar-refractivity contribution in [1.82, 2.24) is 10.2 Å². The molecule has 2 heterocycles. The average Bonchev–Trinajstić information content (AvgIpc) is 2.76. The van der Waals surface area contributed by atoms with Gasteiger partial charge in [0.2, 0.25) is 5.91 Å². The number of piperidine rings is 1. The minimum atomic E-state index is -0.707. The molecule has 104 valence electrons. The Morgan fingerprint density at radius 2 is 2.22 bits per heavy atom. The summed E-state index contributed by atoms with van der Waals surface area (Å²) < 4.78 is 0. The molecule has 2 rings (SSSR count). The van der Waals surface area contributed by atoms with Crippen molar-refractivity contribution in [2.75, 3.05) is 13.1 Å². The van der Waals surface area contributed by atoms with Crippen LogP contribution in [-0.4, -0.2) is 41.5 Å². The van der Waals surface area contributed by atoms with E-state index in [4.69, 9.17) is 5.73 Å². The first-order chi connectivity index (χ1) is 8.53. The van der Waals surface area contributed by atoms with Gasteiger partial charge in [-0.05, 0) is 45.6 Å². The maximum atomic E-state index is 12.2. The van der Waals surface area contributed by atoms with Crippen LogP contribution in [0.4, 0.5) is 0 Å². The second-order valence-electron chi connectivity index (χ2n) is 6.19. The van der Waals surface area contributed by atoms with E-state index in [1.54, 1.807) is 0 Å². The summed E-state index contributed by atoms with van der Waals surface area (Å²) >= 11 is 0. The third-order valence-corrected chi connectivity index (χ3v) is 4.44. The summed E-state index contributed by atoms with van der Waals surface area (Å²) in [7, 11) is 0. The number of hydrogen-bond donors (Lipinski definition) is 2. The third kappa shape index (κ3) is 3.04. The number of nitrogens with two attached hydrogens (primary N) is 1. The maximum Gasteiger partial charge on any atom is 0.240 e. The molecule has 4 heteroatoms. The topological polar surface area (TPSA) is 58.4 Å². The van der Waals surface area contributed by atoms with Crippen molar-refractivity contribution >= 4 is 5.91 Å². The fourth-order valence-corrected chi connectivity index (χ4v) is 3.34. The summed E-state index contributed by atoms with van der Waals surface area (Å²) in [6.07, 6.45) is 6.48. The summed E-state index contributed by atoms with van der Waals surface area (Å²) in [5.74, 6) is 0.0285. The van der Waals surface area contributed by atoms with Gasteiger partial charge < -0.3 is 16.0 Å². The van der Waals surface area contributed by atoms with E-state index in [-0.39, 0.29) is 5.91 Å². The van der Waals surface area contributed by atoms with E-state index < -0.39 is 5.54 Å². The SMILES string of the molecule is CCCC(C)(N)C(=O)NC1CCN2CCCC2C1. The van der Waals surface area contributed by atoms with Crippen LogP contribution in [0.1, 0.15) is 52.4 Å². The van der Waals surface area contributed by atoms with Gasteiger partial charge in [0.1, 0.15) is 0 Å². The first kappa shape index (κ1) is 13.8. The number of fused-ring (bicyclic) bond motifs is 1. The third-order valence-electron chi connectivity index (χ3n) is 4.44. The van der Waals surface area contributed by atoms with Crippen LogP contribution in [0, 0.1) is 0 Å². The van der Waals surface area contributed by atoms with Gasteiger partial charge in [-0.25, -0.2) is 0 Å². The molecule has 2 fully saturated rings. The molecule has 0 radical (unpaired) electrons. The molecule has 0 aliphatic carbocycles. The molecular formula is C14H27N3O. The fraction of sp³-hybridized carbons (Fsp3) is 0.929. The molecule has 3 unspecified atom stereocenters. The first-order valence-electron chi connectivity index (χ1n) is 7.37. The molecule has 3 atom stereocenters. The fourth-order valence-electron chi connectivity index (χ4n) is 3.34. The van der Waals surface area contributed by atoms with Gasteiger partial charge in [0.05, 0.1) is 5.54 Å². The first-order valence-corrected chi connectivity index (χ1v) is 7.37. The molecule has 0 aromatic rings. The van der Waals surface area contributed by atoms with Gasteiger partial charge in [-0.15, -0.1) is 0 Å². The van der Waals surface area contributed by atoms with E-state index in [0.717, 1.165) is 32.2 Å². The van der Waals surface area contributed by atoms with Gasteiger partial charge >= 0.3 is 0 Å². The molecule has 0 spiro atoms. The molecule has 0 aromatic heterocycles. The number of amides is 1. The molecule has 3 N–H and O–H groups in total. The van der Waals surface area contributed by atoms with Gasteiger partial charge in [-0.3, -0.25) is 4.79 Å². The van der Waals surface area contributed by atoms with Gasteiger partial charge in [-0.2, -0.15) is 0 Å². The lowest BCUT2D eigenvalue weighted by Gasteiger charge is -2.36. The Kier molecular flexibility index (Phi) is 4.28. The number of carbonyl (C=O) groups excluding carboxylic acids is 1. The van der Waals surface area contributed by atoms with Gasteiger partial charge in [0.25, 0.3) is 0 Å². The van der Waals surface area contributed by atoms with Crippen LogP contribution >= 0.6 is 0 Å². The van der Waals surface area contributed by atoms with E-state index in [1.807, 2.05) is 6.92 Å². The largest absolute Gasteiger partial charge is 0.352 e. The quantitative estimate of drug-likeness (QED) is 0.792. The van der Waals surface area contributed by atoms with Crippen molar-refractivity contribution in [3.05, 3.63) is 0 Å². The van der Waals surface area contributed by atoms with Crippen molar-refractivity contribution in [3.8, 4) is 0 Å². The zero-order valence-corrected chi connectivity index (χ0v) is 11.7. The second kappa shape index (κ2) is 5.57. The maximum absolute atomic E-state index is 12.2. The standard InChI is InChI=1S/C14H27N3O/c1-3-7-14(2,15)13(18)16-11-6-9-17-8-4-5-12(17)10-11/h11-12H,3-10,15H2,1-2H3,(H,16,18). The minimum absolute atomic E-state index is 0.0285. The summed E-state index contributed by atoms with van der Waals surface area (Å²) in [4.78, 5) is 14.7. The Hall–Kier alpha value is -0.610. The predicted molar refractivity (Wildman–Crippen MR) is 73.3 cm³/mol. The van der Waals surface area contributed by atoms with Crippen molar-refractivity contribution in [3.63, 3.8) is 0 Å². The van der Waals surface area contributed by atoms with Crippen LogP contribution in [0.25, 0.3) is 0 Å². The van der Waals surface area contributed by atoms with E-state index in [9.17, 15) is 4.79 Å². The Morgan fingerprint density at radius 3 is 2.94 bits per heavy atom. The molecule has 0 bridgehead atoms. The average molecular weight is 253 g/mol. The normalized spacial score (nSPS) is 31.7. The van der Waals surface area contributed by atoms with Crippen LogP contribution < -0.4 is 11.1 Å². The number of hydrogen-bond acceptors (Lipinski definition) is 3. The molecule has 0 saturated carbocycles. The van der Waals surface area contributed by atoms with Crippen LogP contribution in [0.3, 0.4) is 0 Å². The Balaban J connectivity index is 1.84. The molecule has 4 nitrogen and oxygen atoms in total. The highest BCUT2D eigenvalue weighted by atomic mass is 16.2. The van der Waals surface area contributed by atoms with E-state index in [0.29, 0.717) is 12.1 Å². The van der Waals surface area contributed by atoms with Crippen LogP contribution in [0.5, 0.6) is 0 Å². The number of rotatable bonds is 4. The smallest absolute Gasteiger partial charge is 0.240 e. The van der Waals surface area contributed by atoms with Gasteiger partial charge in [0.15, 0.2) is 0 Å². The van der Waals surface area contributed by atoms with Crippen molar-refractivity contribution in [1.29, 1.82) is 0 Å². The highest BCUT2D eigenvalue weighted by molar-refractivity contribution is 5.85. The zero-order chi connectivity index (χ0) is 13.2. The highest BCUT2D eigenvalue weighted by Crippen LogP contribution is 2.27. The number of nitrogens with zero attached hydrogens (tertiary/aromatic N) is 1. The molecule has 0 aromatic carbocycles. The van der Waals surface area contributed by atoms with Gasteiger partial charge in [-0.1, -0.05) is 13.3 Å². The molecule has 1 amide bonds. The van der Waals surface area contributed by atoms with Crippen LogP contribution in [0.15, 0.2) is 0 Å². The lowest BCUT2D eigenvalue weighted by molar-refractivity contribution is -0.127.